The topological polar surface area (TPSA) is 56.1 Å². The summed E-state index contributed by atoms with van der Waals surface area (Å²) in [6.45, 7) is 1.27. The third-order valence-corrected chi connectivity index (χ3v) is 5.62. The number of nitrogens with one attached hydrogen (secondary N) is 1. The molecule has 1 saturated carbocycles. The summed E-state index contributed by atoms with van der Waals surface area (Å²) < 4.78 is 7.28. The molecule has 1 fully saturated rings. The maximum atomic E-state index is 12.2. The zero-order chi connectivity index (χ0) is 18.6. The first-order chi connectivity index (χ1) is 13.2. The summed E-state index contributed by atoms with van der Waals surface area (Å²) >= 11 is 1.71. The Morgan fingerprint density at radius 3 is 2.93 bits per heavy atom. The van der Waals surface area contributed by atoms with Crippen molar-refractivity contribution in [1.29, 1.82) is 0 Å². The van der Waals surface area contributed by atoms with Crippen molar-refractivity contribution in [2.45, 2.75) is 31.7 Å². The zero-order valence-corrected chi connectivity index (χ0v) is 16.2. The van der Waals surface area contributed by atoms with Crippen molar-refractivity contribution in [3.8, 4) is 16.3 Å². The summed E-state index contributed by atoms with van der Waals surface area (Å²) in [6, 6.07) is 14.0. The molecule has 0 atom stereocenters. The second kappa shape index (κ2) is 7.96. The molecular weight excluding hydrogens is 358 g/mol. The molecule has 2 heterocycles. The highest BCUT2D eigenvalue weighted by atomic mass is 32.1. The smallest absolute Gasteiger partial charge is 0.224 e. The molecule has 5 nitrogen and oxygen atoms in total. The number of benzene rings is 1. The Hall–Kier alpha value is -2.60. The van der Waals surface area contributed by atoms with E-state index in [9.17, 15) is 4.79 Å². The summed E-state index contributed by atoms with van der Waals surface area (Å²) in [4.78, 5) is 13.4. The van der Waals surface area contributed by atoms with Crippen molar-refractivity contribution in [1.82, 2.24) is 15.1 Å². The summed E-state index contributed by atoms with van der Waals surface area (Å²) in [7, 11) is 1.63. The molecule has 0 bridgehead atoms. The van der Waals surface area contributed by atoms with E-state index in [-0.39, 0.29) is 5.91 Å². The van der Waals surface area contributed by atoms with E-state index in [0.29, 0.717) is 25.4 Å². The van der Waals surface area contributed by atoms with E-state index >= 15 is 0 Å². The molecule has 3 aromatic rings. The van der Waals surface area contributed by atoms with E-state index in [1.54, 1.807) is 18.4 Å². The second-order valence-corrected chi connectivity index (χ2v) is 7.76. The predicted molar refractivity (Wildman–Crippen MR) is 107 cm³/mol. The Morgan fingerprint density at radius 1 is 1.30 bits per heavy atom. The van der Waals surface area contributed by atoms with Crippen LogP contribution in [0.3, 0.4) is 0 Å². The van der Waals surface area contributed by atoms with Gasteiger partial charge in [0.05, 0.1) is 25.0 Å². The minimum atomic E-state index is 0.0156. The quantitative estimate of drug-likeness (QED) is 0.645. The monoisotopic (exact) mass is 381 g/mol. The van der Waals surface area contributed by atoms with Gasteiger partial charge in [-0.25, -0.2) is 0 Å². The van der Waals surface area contributed by atoms with Crippen LogP contribution >= 0.6 is 11.3 Å². The van der Waals surface area contributed by atoms with E-state index < -0.39 is 0 Å². The van der Waals surface area contributed by atoms with Crippen LogP contribution in [0.2, 0.25) is 0 Å². The van der Waals surface area contributed by atoms with Crippen molar-refractivity contribution in [2.24, 2.45) is 0 Å². The lowest BCUT2D eigenvalue weighted by Crippen LogP contribution is -2.29. The minimum Gasteiger partial charge on any atom is -0.497 e. The van der Waals surface area contributed by atoms with E-state index in [2.05, 4.69) is 33.6 Å². The number of carbonyl (C=O) groups excluding carboxylic acids is 1. The number of carbonyl (C=O) groups is 1. The normalized spacial score (nSPS) is 13.5. The third-order valence-electron chi connectivity index (χ3n) is 4.72. The minimum absolute atomic E-state index is 0.0156. The molecule has 0 spiro atoms. The molecule has 0 aliphatic heterocycles. The summed E-state index contributed by atoms with van der Waals surface area (Å²) in [6.07, 6.45) is 2.82. The molecule has 6 heteroatoms. The van der Waals surface area contributed by atoms with Gasteiger partial charge in [0.1, 0.15) is 11.4 Å². The van der Waals surface area contributed by atoms with Crippen molar-refractivity contribution in [3.05, 3.63) is 59.1 Å². The zero-order valence-electron chi connectivity index (χ0n) is 15.4. The summed E-state index contributed by atoms with van der Waals surface area (Å²) in [5.74, 6) is 1.41. The second-order valence-electron chi connectivity index (χ2n) is 6.81. The van der Waals surface area contributed by atoms with Gasteiger partial charge in [-0.2, -0.15) is 5.10 Å². The molecule has 0 radical (unpaired) electrons. The summed E-state index contributed by atoms with van der Waals surface area (Å²) in [5.41, 5.74) is 3.28. The van der Waals surface area contributed by atoms with E-state index in [0.717, 1.165) is 17.0 Å². The van der Waals surface area contributed by atoms with Crippen LogP contribution in [0.4, 0.5) is 0 Å². The van der Waals surface area contributed by atoms with Crippen LogP contribution < -0.4 is 10.1 Å². The fourth-order valence-electron chi connectivity index (χ4n) is 3.19. The van der Waals surface area contributed by atoms with E-state index in [1.165, 1.54) is 23.4 Å². The van der Waals surface area contributed by atoms with Crippen LogP contribution in [0.25, 0.3) is 10.6 Å². The predicted octanol–water partition coefficient (Wildman–Crippen LogP) is 3.86. The number of hydrogen-bond acceptors (Lipinski definition) is 4. The third kappa shape index (κ3) is 4.39. The van der Waals surface area contributed by atoms with Crippen molar-refractivity contribution in [2.75, 3.05) is 13.7 Å². The maximum absolute atomic E-state index is 12.2. The fourth-order valence-corrected chi connectivity index (χ4v) is 3.88. The first-order valence-corrected chi connectivity index (χ1v) is 10.1. The average molecular weight is 382 g/mol. The molecule has 1 aliphatic carbocycles. The van der Waals surface area contributed by atoms with Gasteiger partial charge in [0.15, 0.2) is 0 Å². The number of methoxy groups -OCH3 is 1. The van der Waals surface area contributed by atoms with Crippen molar-refractivity contribution in [3.63, 3.8) is 0 Å². The van der Waals surface area contributed by atoms with Gasteiger partial charge in [0, 0.05) is 18.2 Å². The Kier molecular flexibility index (Phi) is 5.25. The standard InChI is InChI=1S/C21H23N3O2S/c1-26-17-5-2-4-15(12-17)13-21(25)22-9-10-24-19(16-7-8-16)14-18(23-24)20-6-3-11-27-20/h2-6,11-12,14,16H,7-10,13H2,1H3,(H,22,25). The van der Waals surface area contributed by atoms with Gasteiger partial charge in [-0.1, -0.05) is 18.2 Å². The Bertz CT molecular complexity index is 913. The highest BCUT2D eigenvalue weighted by Gasteiger charge is 2.28. The van der Waals surface area contributed by atoms with Gasteiger partial charge in [0.25, 0.3) is 0 Å². The average Bonchev–Trinajstić information content (AvgIpc) is 3.20. The van der Waals surface area contributed by atoms with Gasteiger partial charge in [0.2, 0.25) is 5.91 Å². The largest absolute Gasteiger partial charge is 0.497 e. The Balaban J connectivity index is 1.35. The van der Waals surface area contributed by atoms with Gasteiger partial charge in [-0.05, 0) is 48.1 Å². The molecule has 1 amide bonds. The van der Waals surface area contributed by atoms with Crippen LogP contribution in [-0.4, -0.2) is 29.3 Å². The van der Waals surface area contributed by atoms with Crippen LogP contribution in [0.15, 0.2) is 47.8 Å². The Labute approximate surface area is 163 Å². The van der Waals surface area contributed by atoms with Gasteiger partial charge >= 0.3 is 0 Å². The molecule has 0 saturated heterocycles. The first kappa shape index (κ1) is 17.8. The van der Waals surface area contributed by atoms with Crippen LogP contribution in [0, 0.1) is 0 Å². The molecule has 0 unspecified atom stereocenters. The summed E-state index contributed by atoms with van der Waals surface area (Å²) in [5, 5.41) is 9.86. The highest BCUT2D eigenvalue weighted by Crippen LogP contribution is 2.41. The number of nitrogens with zero attached hydrogens (tertiary/aromatic N) is 2. The SMILES string of the molecule is COc1cccc(CC(=O)NCCn2nc(-c3cccs3)cc2C2CC2)c1. The lowest BCUT2D eigenvalue weighted by atomic mass is 10.1. The molecule has 140 valence electrons. The molecule has 1 aliphatic rings. The van der Waals surface area contributed by atoms with Gasteiger partial charge in [-0.15, -0.1) is 11.3 Å². The fraction of sp³-hybridized carbons (Fsp3) is 0.333. The van der Waals surface area contributed by atoms with Crippen molar-refractivity contribution < 1.29 is 9.53 Å². The number of hydrogen-bond donors (Lipinski definition) is 1. The molecule has 27 heavy (non-hydrogen) atoms. The van der Waals surface area contributed by atoms with Crippen molar-refractivity contribution >= 4 is 17.2 Å². The number of amides is 1. The molecule has 2 aromatic heterocycles. The number of thiophene rings is 1. The van der Waals surface area contributed by atoms with Gasteiger partial charge in [-0.3, -0.25) is 9.48 Å². The molecule has 4 rings (SSSR count). The lowest BCUT2D eigenvalue weighted by Gasteiger charge is -2.09. The number of ether oxygens (including phenoxy) is 1. The van der Waals surface area contributed by atoms with Crippen LogP contribution in [0.5, 0.6) is 5.75 Å². The maximum Gasteiger partial charge on any atom is 0.224 e. The number of aromatic nitrogens is 2. The van der Waals surface area contributed by atoms with Crippen LogP contribution in [-0.2, 0) is 17.8 Å². The highest BCUT2D eigenvalue weighted by molar-refractivity contribution is 7.13. The lowest BCUT2D eigenvalue weighted by molar-refractivity contribution is -0.120. The van der Waals surface area contributed by atoms with E-state index in [1.807, 2.05) is 24.3 Å². The number of rotatable bonds is 8. The Morgan fingerprint density at radius 2 is 2.19 bits per heavy atom. The molecular formula is C21H23N3O2S. The molecule has 1 N–H and O–H groups in total. The molecule has 1 aromatic carbocycles. The van der Waals surface area contributed by atoms with Gasteiger partial charge < -0.3 is 10.1 Å². The van der Waals surface area contributed by atoms with Crippen LogP contribution in [0.1, 0.15) is 30.0 Å². The van der Waals surface area contributed by atoms with E-state index in [4.69, 9.17) is 9.84 Å². The first-order valence-electron chi connectivity index (χ1n) is 9.24.